The van der Waals surface area contributed by atoms with E-state index in [1.54, 1.807) is 0 Å². The Morgan fingerprint density at radius 3 is 2.41 bits per heavy atom. The zero-order valence-corrected chi connectivity index (χ0v) is 10.2. The van der Waals surface area contributed by atoms with E-state index < -0.39 is 6.10 Å². The lowest BCUT2D eigenvalue weighted by atomic mass is 9.83. The van der Waals surface area contributed by atoms with Crippen LogP contribution in [0.4, 0.5) is 0 Å². The minimum atomic E-state index is -0.464. The van der Waals surface area contributed by atoms with Crippen molar-refractivity contribution >= 4 is 0 Å². The molecule has 0 amide bonds. The van der Waals surface area contributed by atoms with Crippen LogP contribution in [0.1, 0.15) is 39.5 Å². The van der Waals surface area contributed by atoms with Gasteiger partial charge in [0.2, 0.25) is 0 Å². The van der Waals surface area contributed by atoms with E-state index in [9.17, 15) is 5.11 Å². The molecular formula is C16H16O. The number of hydrogen-bond donors (Lipinski definition) is 1. The standard InChI is InChI=1S/C16H16O/c1-10-4-6-14-13(7-10)9-12-5-3-11(2)8-15(12)16(14)17/h3-8,16-17H,9H2,1-2H3. The predicted molar refractivity (Wildman–Crippen MR) is 69.2 cm³/mol. The monoisotopic (exact) mass is 224 g/mol. The number of fused-ring (bicyclic) bond motifs is 2. The number of aliphatic hydroxyl groups is 1. The number of hydrogen-bond acceptors (Lipinski definition) is 1. The highest BCUT2D eigenvalue weighted by atomic mass is 16.3. The van der Waals surface area contributed by atoms with E-state index in [4.69, 9.17) is 0 Å². The first-order valence-electron chi connectivity index (χ1n) is 6.02. The van der Waals surface area contributed by atoms with Gasteiger partial charge in [-0.15, -0.1) is 0 Å². The Kier molecular flexibility index (Phi) is 2.30. The van der Waals surface area contributed by atoms with Crippen molar-refractivity contribution in [1.82, 2.24) is 0 Å². The molecule has 1 aliphatic rings. The van der Waals surface area contributed by atoms with Gasteiger partial charge in [-0.2, -0.15) is 0 Å². The van der Waals surface area contributed by atoms with Crippen molar-refractivity contribution in [3.8, 4) is 0 Å². The van der Waals surface area contributed by atoms with E-state index in [1.165, 1.54) is 22.3 Å². The molecule has 0 saturated carbocycles. The van der Waals surface area contributed by atoms with E-state index in [2.05, 4.69) is 50.2 Å². The largest absolute Gasteiger partial charge is 0.384 e. The lowest BCUT2D eigenvalue weighted by Gasteiger charge is -2.25. The number of benzene rings is 2. The number of aliphatic hydroxyl groups excluding tert-OH is 1. The highest BCUT2D eigenvalue weighted by Crippen LogP contribution is 2.35. The highest BCUT2D eigenvalue weighted by Gasteiger charge is 2.23. The average Bonchev–Trinajstić information content (AvgIpc) is 2.30. The van der Waals surface area contributed by atoms with Gasteiger partial charge in [-0.1, -0.05) is 47.5 Å². The Morgan fingerprint density at radius 1 is 0.882 bits per heavy atom. The molecule has 86 valence electrons. The first-order valence-corrected chi connectivity index (χ1v) is 6.02. The maximum Gasteiger partial charge on any atom is 0.105 e. The third-order valence-corrected chi connectivity index (χ3v) is 3.57. The van der Waals surface area contributed by atoms with Crippen LogP contribution in [0.25, 0.3) is 0 Å². The molecule has 1 heteroatoms. The molecule has 1 nitrogen and oxygen atoms in total. The molecule has 0 spiro atoms. The molecule has 1 N–H and O–H groups in total. The summed E-state index contributed by atoms with van der Waals surface area (Å²) < 4.78 is 0. The third kappa shape index (κ3) is 1.67. The zero-order valence-electron chi connectivity index (χ0n) is 10.2. The molecule has 17 heavy (non-hydrogen) atoms. The summed E-state index contributed by atoms with van der Waals surface area (Å²) in [5, 5.41) is 10.4. The first-order chi connectivity index (χ1) is 8.15. The highest BCUT2D eigenvalue weighted by molar-refractivity contribution is 5.49. The van der Waals surface area contributed by atoms with Crippen LogP contribution in [0, 0.1) is 13.8 Å². The van der Waals surface area contributed by atoms with Crippen molar-refractivity contribution in [2.45, 2.75) is 26.4 Å². The Morgan fingerprint density at radius 2 is 1.59 bits per heavy atom. The lowest BCUT2D eigenvalue weighted by Crippen LogP contribution is -2.13. The summed E-state index contributed by atoms with van der Waals surface area (Å²) in [6, 6.07) is 12.7. The number of aryl methyl sites for hydroxylation is 2. The second-order valence-corrected chi connectivity index (χ2v) is 4.98. The Bertz CT molecular complexity index is 584. The lowest BCUT2D eigenvalue weighted by molar-refractivity contribution is 0.215. The van der Waals surface area contributed by atoms with Crippen molar-refractivity contribution in [3.63, 3.8) is 0 Å². The Hall–Kier alpha value is -1.60. The second kappa shape index (κ2) is 3.71. The predicted octanol–water partition coefficient (Wildman–Crippen LogP) is 3.29. The van der Waals surface area contributed by atoms with E-state index in [0.717, 1.165) is 17.5 Å². The van der Waals surface area contributed by atoms with Crippen LogP contribution in [0.3, 0.4) is 0 Å². The summed E-state index contributed by atoms with van der Waals surface area (Å²) in [7, 11) is 0. The van der Waals surface area contributed by atoms with Gasteiger partial charge in [0.15, 0.2) is 0 Å². The minimum Gasteiger partial charge on any atom is -0.384 e. The fraction of sp³-hybridized carbons (Fsp3) is 0.250. The summed E-state index contributed by atoms with van der Waals surface area (Å²) in [4.78, 5) is 0. The molecule has 0 aromatic heterocycles. The molecule has 0 radical (unpaired) electrons. The molecule has 3 rings (SSSR count). The Balaban J connectivity index is 2.17. The van der Waals surface area contributed by atoms with Crippen molar-refractivity contribution in [2.75, 3.05) is 0 Å². The number of rotatable bonds is 0. The molecule has 1 unspecified atom stereocenters. The third-order valence-electron chi connectivity index (χ3n) is 3.57. The van der Waals surface area contributed by atoms with Gasteiger partial charge in [-0.25, -0.2) is 0 Å². The van der Waals surface area contributed by atoms with E-state index in [0.29, 0.717) is 0 Å². The normalized spacial score (nSPS) is 17.5. The van der Waals surface area contributed by atoms with Gasteiger partial charge in [0.1, 0.15) is 6.10 Å². The molecular weight excluding hydrogens is 208 g/mol. The van der Waals surface area contributed by atoms with Gasteiger partial charge >= 0.3 is 0 Å². The summed E-state index contributed by atoms with van der Waals surface area (Å²) in [6.45, 7) is 4.16. The van der Waals surface area contributed by atoms with Crippen LogP contribution < -0.4 is 0 Å². The quantitative estimate of drug-likeness (QED) is 0.728. The fourth-order valence-electron chi connectivity index (χ4n) is 2.66. The van der Waals surface area contributed by atoms with Gasteiger partial charge in [0, 0.05) is 0 Å². The first kappa shape index (κ1) is 10.5. The van der Waals surface area contributed by atoms with Crippen LogP contribution in [-0.4, -0.2) is 5.11 Å². The summed E-state index contributed by atoms with van der Waals surface area (Å²) in [6.07, 6.45) is 0.471. The maximum atomic E-state index is 10.4. The van der Waals surface area contributed by atoms with Gasteiger partial charge in [0.05, 0.1) is 0 Å². The SMILES string of the molecule is Cc1ccc2c(c1)Cc1ccc(C)cc1C2O. The van der Waals surface area contributed by atoms with Crippen LogP contribution in [0.5, 0.6) is 0 Å². The van der Waals surface area contributed by atoms with Gasteiger partial charge < -0.3 is 5.11 Å². The van der Waals surface area contributed by atoms with Crippen molar-refractivity contribution in [2.24, 2.45) is 0 Å². The van der Waals surface area contributed by atoms with Crippen molar-refractivity contribution in [3.05, 3.63) is 69.8 Å². The fourth-order valence-corrected chi connectivity index (χ4v) is 2.66. The van der Waals surface area contributed by atoms with Crippen LogP contribution in [0.15, 0.2) is 36.4 Å². The van der Waals surface area contributed by atoms with Crippen LogP contribution in [0.2, 0.25) is 0 Å². The Labute approximate surface area is 102 Å². The molecule has 0 bridgehead atoms. The summed E-state index contributed by atoms with van der Waals surface area (Å²) >= 11 is 0. The summed E-state index contributed by atoms with van der Waals surface area (Å²) in [5.74, 6) is 0. The summed E-state index contributed by atoms with van der Waals surface area (Å²) in [5.41, 5.74) is 7.11. The van der Waals surface area contributed by atoms with E-state index >= 15 is 0 Å². The maximum absolute atomic E-state index is 10.4. The van der Waals surface area contributed by atoms with E-state index in [-0.39, 0.29) is 0 Å². The molecule has 0 saturated heterocycles. The smallest absolute Gasteiger partial charge is 0.105 e. The molecule has 1 atom stereocenters. The molecule has 1 aliphatic carbocycles. The minimum absolute atomic E-state index is 0.464. The molecule has 2 aromatic carbocycles. The topological polar surface area (TPSA) is 20.2 Å². The van der Waals surface area contributed by atoms with Crippen molar-refractivity contribution < 1.29 is 5.11 Å². The molecule has 2 aromatic rings. The van der Waals surface area contributed by atoms with E-state index in [1.807, 2.05) is 0 Å². The van der Waals surface area contributed by atoms with Crippen LogP contribution in [-0.2, 0) is 6.42 Å². The van der Waals surface area contributed by atoms with Crippen LogP contribution >= 0.6 is 0 Å². The van der Waals surface area contributed by atoms with Gasteiger partial charge in [-0.3, -0.25) is 0 Å². The molecule has 0 heterocycles. The van der Waals surface area contributed by atoms with Crippen molar-refractivity contribution in [1.29, 1.82) is 0 Å². The average molecular weight is 224 g/mol. The second-order valence-electron chi connectivity index (χ2n) is 4.98. The molecule has 0 fully saturated rings. The zero-order chi connectivity index (χ0) is 12.0. The van der Waals surface area contributed by atoms with Gasteiger partial charge in [-0.05, 0) is 42.5 Å². The molecule has 0 aliphatic heterocycles. The van der Waals surface area contributed by atoms with Gasteiger partial charge in [0.25, 0.3) is 0 Å².